The van der Waals surface area contributed by atoms with Gasteiger partial charge in [0.15, 0.2) is 0 Å². The average molecular weight is 340 g/mol. The van der Waals surface area contributed by atoms with Crippen LogP contribution < -0.4 is 5.32 Å². The summed E-state index contributed by atoms with van der Waals surface area (Å²) in [5.74, 6) is -0.566. The number of benzene rings is 2. The molecule has 2 aromatic rings. The second kappa shape index (κ2) is 8.17. The Labute approximate surface area is 137 Å². The van der Waals surface area contributed by atoms with Gasteiger partial charge in [-0.2, -0.15) is 0 Å². The topological polar surface area (TPSA) is 49.3 Å². The predicted molar refractivity (Wildman–Crippen MR) is 86.5 cm³/mol. The van der Waals surface area contributed by atoms with Crippen molar-refractivity contribution in [3.05, 3.63) is 64.9 Å². The Hall–Kier alpha value is -1.56. The molecule has 0 aliphatic rings. The molecule has 0 fully saturated rings. The van der Waals surface area contributed by atoms with Crippen molar-refractivity contribution in [2.45, 2.75) is 11.0 Å². The van der Waals surface area contributed by atoms with E-state index in [-0.39, 0.29) is 23.8 Å². The van der Waals surface area contributed by atoms with Crippen molar-refractivity contribution in [1.82, 2.24) is 5.32 Å². The number of hydrogen-bond donors (Lipinski definition) is 2. The molecule has 6 heteroatoms. The second-order valence-electron chi connectivity index (χ2n) is 4.56. The number of carbonyl (C=O) groups is 1. The highest BCUT2D eigenvalue weighted by Gasteiger charge is 2.13. The van der Waals surface area contributed by atoms with Crippen molar-refractivity contribution < 1.29 is 14.3 Å². The van der Waals surface area contributed by atoms with E-state index in [1.807, 2.05) is 18.2 Å². The molecule has 116 valence electrons. The number of halogens is 2. The smallest absolute Gasteiger partial charge is 0.230 e. The van der Waals surface area contributed by atoms with Gasteiger partial charge < -0.3 is 10.4 Å². The Morgan fingerprint density at radius 1 is 1.23 bits per heavy atom. The van der Waals surface area contributed by atoms with Crippen molar-refractivity contribution in [2.75, 3.05) is 12.3 Å². The average Bonchev–Trinajstić information content (AvgIpc) is 2.52. The van der Waals surface area contributed by atoms with Gasteiger partial charge in [0.1, 0.15) is 5.82 Å². The summed E-state index contributed by atoms with van der Waals surface area (Å²) >= 11 is 7.30. The van der Waals surface area contributed by atoms with Gasteiger partial charge in [-0.1, -0.05) is 41.9 Å². The number of thioether (sulfide) groups is 1. The first-order valence-corrected chi connectivity index (χ1v) is 8.01. The van der Waals surface area contributed by atoms with Gasteiger partial charge in [0.2, 0.25) is 5.91 Å². The van der Waals surface area contributed by atoms with E-state index < -0.39 is 11.9 Å². The molecule has 2 aromatic carbocycles. The number of nitrogens with one attached hydrogen (secondary N) is 1. The third kappa shape index (κ3) is 4.73. The molecule has 0 heterocycles. The molecule has 0 aliphatic carbocycles. The fraction of sp³-hybridized carbons (Fsp3) is 0.188. The summed E-state index contributed by atoms with van der Waals surface area (Å²) in [6, 6.07) is 13.2. The molecular formula is C16H15ClFNO2S. The van der Waals surface area contributed by atoms with E-state index >= 15 is 0 Å². The van der Waals surface area contributed by atoms with Crippen LogP contribution in [0.25, 0.3) is 0 Å². The van der Waals surface area contributed by atoms with Crippen molar-refractivity contribution >= 4 is 29.3 Å². The molecule has 0 aliphatic heterocycles. The summed E-state index contributed by atoms with van der Waals surface area (Å²) in [6.45, 7) is -0.0388. The van der Waals surface area contributed by atoms with Crippen LogP contribution in [-0.2, 0) is 4.79 Å². The maximum Gasteiger partial charge on any atom is 0.230 e. The van der Waals surface area contributed by atoms with Crippen molar-refractivity contribution in [3.8, 4) is 0 Å². The Balaban J connectivity index is 1.81. The lowest BCUT2D eigenvalue weighted by Gasteiger charge is -2.13. The molecule has 0 aromatic heterocycles. The van der Waals surface area contributed by atoms with Gasteiger partial charge in [0, 0.05) is 17.0 Å². The van der Waals surface area contributed by atoms with E-state index in [2.05, 4.69) is 5.32 Å². The van der Waals surface area contributed by atoms with Crippen LogP contribution in [0.3, 0.4) is 0 Å². The molecule has 1 unspecified atom stereocenters. The molecule has 0 radical (unpaired) electrons. The van der Waals surface area contributed by atoms with E-state index in [0.717, 1.165) is 4.90 Å². The van der Waals surface area contributed by atoms with Gasteiger partial charge in [-0.3, -0.25) is 4.79 Å². The maximum atomic E-state index is 13.5. The van der Waals surface area contributed by atoms with E-state index in [9.17, 15) is 14.3 Å². The summed E-state index contributed by atoms with van der Waals surface area (Å²) in [5.41, 5.74) is 0.168. The normalized spacial score (nSPS) is 12.0. The lowest BCUT2D eigenvalue weighted by atomic mass is 10.1. The predicted octanol–water partition coefficient (Wildman–Crippen LogP) is 3.42. The molecular weight excluding hydrogens is 325 g/mol. The van der Waals surface area contributed by atoms with Crippen LogP contribution >= 0.6 is 23.4 Å². The number of aliphatic hydroxyl groups excluding tert-OH is 1. The zero-order valence-electron chi connectivity index (χ0n) is 11.6. The van der Waals surface area contributed by atoms with Crippen molar-refractivity contribution in [3.63, 3.8) is 0 Å². The van der Waals surface area contributed by atoms with Gasteiger partial charge in [-0.15, -0.1) is 11.8 Å². The minimum Gasteiger partial charge on any atom is -0.386 e. The summed E-state index contributed by atoms with van der Waals surface area (Å²) in [6.07, 6.45) is -1.07. The second-order valence-corrected chi connectivity index (χ2v) is 5.98. The molecule has 1 amide bonds. The molecule has 2 N–H and O–H groups in total. The SMILES string of the molecule is O=C(CSc1ccccc1Cl)NCC(O)c1ccccc1F. The molecule has 1 atom stereocenters. The summed E-state index contributed by atoms with van der Waals surface area (Å²) in [7, 11) is 0. The van der Waals surface area contributed by atoms with Crippen LogP contribution in [0, 0.1) is 5.82 Å². The van der Waals surface area contributed by atoms with E-state index in [1.165, 1.54) is 23.9 Å². The van der Waals surface area contributed by atoms with E-state index in [1.54, 1.807) is 18.2 Å². The van der Waals surface area contributed by atoms with Gasteiger partial charge >= 0.3 is 0 Å². The molecule has 0 saturated heterocycles. The summed E-state index contributed by atoms with van der Waals surface area (Å²) in [4.78, 5) is 12.6. The van der Waals surface area contributed by atoms with E-state index in [0.29, 0.717) is 5.02 Å². The van der Waals surface area contributed by atoms with Crippen LogP contribution in [0.2, 0.25) is 5.02 Å². The number of aliphatic hydroxyl groups is 1. The van der Waals surface area contributed by atoms with Crippen LogP contribution in [0.5, 0.6) is 0 Å². The van der Waals surface area contributed by atoms with Crippen LogP contribution in [-0.4, -0.2) is 23.3 Å². The zero-order chi connectivity index (χ0) is 15.9. The molecule has 0 saturated carbocycles. The lowest BCUT2D eigenvalue weighted by molar-refractivity contribution is -0.119. The summed E-state index contributed by atoms with van der Waals surface area (Å²) in [5, 5.41) is 13.1. The highest BCUT2D eigenvalue weighted by atomic mass is 35.5. The maximum absolute atomic E-state index is 13.5. The molecule has 22 heavy (non-hydrogen) atoms. The third-order valence-electron chi connectivity index (χ3n) is 2.95. The van der Waals surface area contributed by atoms with Gasteiger partial charge in [-0.05, 0) is 18.2 Å². The first kappa shape index (κ1) is 16.8. The monoisotopic (exact) mass is 339 g/mol. The Bertz CT molecular complexity index is 654. The van der Waals surface area contributed by atoms with Crippen LogP contribution in [0.15, 0.2) is 53.4 Å². The molecule has 3 nitrogen and oxygen atoms in total. The number of carbonyl (C=O) groups excluding carboxylic acids is 1. The van der Waals surface area contributed by atoms with Crippen molar-refractivity contribution in [2.24, 2.45) is 0 Å². The highest BCUT2D eigenvalue weighted by molar-refractivity contribution is 8.00. The Kier molecular flexibility index (Phi) is 6.24. The molecule has 0 spiro atoms. The first-order valence-electron chi connectivity index (χ1n) is 6.64. The standard InChI is InChI=1S/C16H15ClFNO2S/c17-12-6-2-4-8-15(12)22-10-16(21)19-9-14(20)11-5-1-3-7-13(11)18/h1-8,14,20H,9-10H2,(H,19,21). The zero-order valence-corrected chi connectivity index (χ0v) is 13.2. The minimum absolute atomic E-state index is 0.0388. The summed E-state index contributed by atoms with van der Waals surface area (Å²) < 4.78 is 13.5. The van der Waals surface area contributed by atoms with Gasteiger partial charge in [0.05, 0.1) is 16.9 Å². The van der Waals surface area contributed by atoms with E-state index in [4.69, 9.17) is 11.6 Å². The van der Waals surface area contributed by atoms with Gasteiger partial charge in [-0.25, -0.2) is 4.39 Å². The highest BCUT2D eigenvalue weighted by Crippen LogP contribution is 2.26. The van der Waals surface area contributed by atoms with Crippen LogP contribution in [0.1, 0.15) is 11.7 Å². The van der Waals surface area contributed by atoms with Crippen LogP contribution in [0.4, 0.5) is 4.39 Å². The largest absolute Gasteiger partial charge is 0.386 e. The lowest BCUT2D eigenvalue weighted by Crippen LogP contribution is -2.30. The number of amides is 1. The fourth-order valence-corrected chi connectivity index (χ4v) is 2.89. The minimum atomic E-state index is -1.07. The Morgan fingerprint density at radius 2 is 1.91 bits per heavy atom. The quantitative estimate of drug-likeness (QED) is 0.793. The fourth-order valence-electron chi connectivity index (χ4n) is 1.82. The third-order valence-corrected chi connectivity index (χ3v) is 4.47. The number of hydrogen-bond acceptors (Lipinski definition) is 3. The van der Waals surface area contributed by atoms with Crippen molar-refractivity contribution in [1.29, 1.82) is 0 Å². The number of rotatable bonds is 6. The van der Waals surface area contributed by atoms with Gasteiger partial charge in [0.25, 0.3) is 0 Å². The molecule has 2 rings (SSSR count). The molecule has 0 bridgehead atoms. The first-order chi connectivity index (χ1) is 10.6. The Morgan fingerprint density at radius 3 is 2.64 bits per heavy atom.